The number of esters is 3. The summed E-state index contributed by atoms with van der Waals surface area (Å²) < 4.78 is 16.8. The van der Waals surface area contributed by atoms with Gasteiger partial charge in [0.25, 0.3) is 0 Å². The summed E-state index contributed by atoms with van der Waals surface area (Å²) in [4.78, 5) is 37.8. The van der Waals surface area contributed by atoms with E-state index < -0.39 is 6.10 Å². The van der Waals surface area contributed by atoms with Gasteiger partial charge < -0.3 is 14.2 Å². The van der Waals surface area contributed by atoms with Crippen LogP contribution in [0.2, 0.25) is 0 Å². The van der Waals surface area contributed by atoms with Gasteiger partial charge in [-0.25, -0.2) is 0 Å². The van der Waals surface area contributed by atoms with Crippen LogP contribution in [0.1, 0.15) is 260 Å². The molecule has 0 saturated carbocycles. The number of hydrogen-bond donors (Lipinski definition) is 0. The summed E-state index contributed by atoms with van der Waals surface area (Å²) in [6.07, 6.45) is 38.0. The van der Waals surface area contributed by atoms with Gasteiger partial charge in [-0.15, -0.1) is 0 Å². The van der Waals surface area contributed by atoms with Crippen molar-refractivity contribution in [2.24, 2.45) is 17.8 Å². The highest BCUT2D eigenvalue weighted by Crippen LogP contribution is 2.18. The summed E-state index contributed by atoms with van der Waals surface area (Å²) in [5, 5.41) is 0. The molecule has 0 aliphatic heterocycles. The first-order valence-corrected chi connectivity index (χ1v) is 24.2. The van der Waals surface area contributed by atoms with Crippen molar-refractivity contribution in [1.82, 2.24) is 0 Å². The summed E-state index contributed by atoms with van der Waals surface area (Å²) in [5.74, 6) is 1.64. The lowest BCUT2D eigenvalue weighted by Gasteiger charge is -2.18. The van der Waals surface area contributed by atoms with Gasteiger partial charge in [0.1, 0.15) is 13.2 Å². The zero-order valence-electron chi connectivity index (χ0n) is 37.7. The van der Waals surface area contributed by atoms with E-state index in [4.69, 9.17) is 14.2 Å². The summed E-state index contributed by atoms with van der Waals surface area (Å²) in [7, 11) is 0. The topological polar surface area (TPSA) is 78.9 Å². The Hall–Kier alpha value is -1.59. The fraction of sp³-hybridized carbons (Fsp3) is 0.939. The van der Waals surface area contributed by atoms with Gasteiger partial charge in [-0.05, 0) is 37.0 Å². The summed E-state index contributed by atoms with van der Waals surface area (Å²) in [6.45, 7) is 13.7. The van der Waals surface area contributed by atoms with E-state index >= 15 is 0 Å². The summed E-state index contributed by atoms with van der Waals surface area (Å²) in [6, 6.07) is 0. The normalized spacial score (nSPS) is 13.1. The Balaban J connectivity index is 4.34. The van der Waals surface area contributed by atoms with Crippen molar-refractivity contribution in [3.63, 3.8) is 0 Å². The van der Waals surface area contributed by atoms with E-state index in [2.05, 4.69) is 41.5 Å². The van der Waals surface area contributed by atoms with E-state index in [-0.39, 0.29) is 31.1 Å². The standard InChI is InChI=1S/C49H94O6/c1-7-44(5)36-30-24-18-14-10-12-15-19-26-32-38-47(50)53-41-46(42-54-48(51)39-33-27-22-21-25-31-37-45(6)8-2)55-49(52)40-34-28-20-16-11-9-13-17-23-29-35-43(3)4/h43-46H,7-42H2,1-6H3/t44?,45?,46-/m0/s1. The predicted octanol–water partition coefficient (Wildman–Crippen LogP) is 15.2. The Labute approximate surface area is 342 Å². The Bertz CT molecular complexity index is 856. The molecule has 326 valence electrons. The van der Waals surface area contributed by atoms with Gasteiger partial charge in [0, 0.05) is 19.3 Å². The van der Waals surface area contributed by atoms with Gasteiger partial charge in [0.2, 0.25) is 0 Å². The molecular formula is C49H94O6. The van der Waals surface area contributed by atoms with E-state index in [0.29, 0.717) is 19.3 Å². The molecule has 0 aliphatic rings. The molecule has 0 heterocycles. The molecule has 0 N–H and O–H groups in total. The fourth-order valence-corrected chi connectivity index (χ4v) is 7.17. The van der Waals surface area contributed by atoms with Crippen LogP contribution in [0, 0.1) is 17.8 Å². The number of carbonyl (C=O) groups excluding carboxylic acids is 3. The minimum atomic E-state index is -0.763. The Morgan fingerprint density at radius 3 is 0.945 bits per heavy atom. The maximum atomic E-state index is 12.7. The van der Waals surface area contributed by atoms with Crippen molar-refractivity contribution in [2.45, 2.75) is 266 Å². The number of ether oxygens (including phenoxy) is 3. The molecule has 2 unspecified atom stereocenters. The Kier molecular flexibility index (Phi) is 39.4. The van der Waals surface area contributed by atoms with Gasteiger partial charge in [-0.1, -0.05) is 221 Å². The lowest BCUT2D eigenvalue weighted by Crippen LogP contribution is -2.30. The first-order valence-electron chi connectivity index (χ1n) is 24.2. The van der Waals surface area contributed by atoms with Gasteiger partial charge in [-0.3, -0.25) is 14.4 Å². The molecule has 55 heavy (non-hydrogen) atoms. The molecule has 0 spiro atoms. The molecule has 0 radical (unpaired) electrons. The maximum Gasteiger partial charge on any atom is 0.306 e. The van der Waals surface area contributed by atoms with Crippen molar-refractivity contribution < 1.29 is 28.6 Å². The minimum absolute atomic E-state index is 0.0661. The third-order valence-electron chi connectivity index (χ3n) is 11.6. The van der Waals surface area contributed by atoms with E-state index in [1.165, 1.54) is 141 Å². The van der Waals surface area contributed by atoms with Gasteiger partial charge in [-0.2, -0.15) is 0 Å². The van der Waals surface area contributed by atoms with Crippen molar-refractivity contribution in [3.05, 3.63) is 0 Å². The second kappa shape index (κ2) is 40.6. The van der Waals surface area contributed by atoms with Crippen molar-refractivity contribution in [2.75, 3.05) is 13.2 Å². The lowest BCUT2D eigenvalue weighted by atomic mass is 9.99. The quantitative estimate of drug-likeness (QED) is 0.0349. The largest absolute Gasteiger partial charge is 0.462 e. The molecule has 3 atom stereocenters. The molecule has 0 rings (SSSR count). The summed E-state index contributed by atoms with van der Waals surface area (Å²) in [5.41, 5.74) is 0. The molecule has 0 bridgehead atoms. The molecule has 0 aromatic rings. The SMILES string of the molecule is CCC(C)CCCCCCCCCCCCC(=O)OC[C@@H](COC(=O)CCCCCCCCC(C)CC)OC(=O)CCCCCCCCCCCCC(C)C. The highest BCUT2D eigenvalue weighted by molar-refractivity contribution is 5.71. The van der Waals surface area contributed by atoms with Crippen LogP contribution in [0.15, 0.2) is 0 Å². The number of unbranched alkanes of at least 4 members (excludes halogenated alkanes) is 23. The second-order valence-electron chi connectivity index (χ2n) is 17.7. The smallest absolute Gasteiger partial charge is 0.306 e. The highest BCUT2D eigenvalue weighted by Gasteiger charge is 2.19. The third kappa shape index (κ3) is 40.4. The molecule has 0 aromatic carbocycles. The van der Waals surface area contributed by atoms with E-state index in [0.717, 1.165) is 75.5 Å². The summed E-state index contributed by atoms with van der Waals surface area (Å²) >= 11 is 0. The van der Waals surface area contributed by atoms with E-state index in [9.17, 15) is 14.4 Å². The molecule has 0 amide bonds. The van der Waals surface area contributed by atoms with Crippen LogP contribution in [-0.2, 0) is 28.6 Å². The van der Waals surface area contributed by atoms with Crippen LogP contribution in [0.25, 0.3) is 0 Å². The first kappa shape index (κ1) is 53.4. The van der Waals surface area contributed by atoms with Crippen molar-refractivity contribution in [3.8, 4) is 0 Å². The van der Waals surface area contributed by atoms with Crippen LogP contribution in [-0.4, -0.2) is 37.2 Å². The molecule has 0 aliphatic carbocycles. The number of carbonyl (C=O) groups is 3. The molecule has 0 fully saturated rings. The number of rotatable bonds is 42. The zero-order chi connectivity index (χ0) is 40.6. The monoisotopic (exact) mass is 779 g/mol. The van der Waals surface area contributed by atoms with Crippen LogP contribution >= 0.6 is 0 Å². The van der Waals surface area contributed by atoms with E-state index in [1.807, 2.05) is 0 Å². The van der Waals surface area contributed by atoms with E-state index in [1.54, 1.807) is 0 Å². The molecule has 0 saturated heterocycles. The van der Waals surface area contributed by atoms with Gasteiger partial charge >= 0.3 is 17.9 Å². The van der Waals surface area contributed by atoms with Crippen LogP contribution < -0.4 is 0 Å². The van der Waals surface area contributed by atoms with Crippen LogP contribution in [0.5, 0.6) is 0 Å². The van der Waals surface area contributed by atoms with Gasteiger partial charge in [0.15, 0.2) is 6.10 Å². The third-order valence-corrected chi connectivity index (χ3v) is 11.6. The minimum Gasteiger partial charge on any atom is -0.462 e. The maximum absolute atomic E-state index is 12.7. The Morgan fingerprint density at radius 1 is 0.364 bits per heavy atom. The average molecular weight is 779 g/mol. The Morgan fingerprint density at radius 2 is 0.636 bits per heavy atom. The average Bonchev–Trinajstić information content (AvgIpc) is 3.17. The molecule has 6 heteroatoms. The fourth-order valence-electron chi connectivity index (χ4n) is 7.17. The highest BCUT2D eigenvalue weighted by atomic mass is 16.6. The predicted molar refractivity (Wildman–Crippen MR) is 233 cm³/mol. The van der Waals surface area contributed by atoms with Crippen LogP contribution in [0.3, 0.4) is 0 Å². The molecule has 0 aromatic heterocycles. The number of hydrogen-bond acceptors (Lipinski definition) is 6. The lowest BCUT2D eigenvalue weighted by molar-refractivity contribution is -0.167. The first-order chi connectivity index (χ1) is 26.7. The van der Waals surface area contributed by atoms with Crippen molar-refractivity contribution in [1.29, 1.82) is 0 Å². The van der Waals surface area contributed by atoms with Crippen molar-refractivity contribution >= 4 is 17.9 Å². The zero-order valence-corrected chi connectivity index (χ0v) is 37.7. The second-order valence-corrected chi connectivity index (χ2v) is 17.7. The molecule has 6 nitrogen and oxygen atoms in total. The van der Waals surface area contributed by atoms with Crippen LogP contribution in [0.4, 0.5) is 0 Å². The van der Waals surface area contributed by atoms with Gasteiger partial charge in [0.05, 0.1) is 0 Å². The molecular weight excluding hydrogens is 685 g/mol.